The summed E-state index contributed by atoms with van der Waals surface area (Å²) in [6.45, 7) is 9.39. The van der Waals surface area contributed by atoms with E-state index in [1.54, 1.807) is 0 Å². The molecule has 6 nitrogen and oxygen atoms in total. The molecule has 150 valence electrons. The van der Waals surface area contributed by atoms with Crippen LogP contribution in [0, 0.1) is 5.92 Å². The van der Waals surface area contributed by atoms with Gasteiger partial charge in [0, 0.05) is 39.1 Å². The minimum absolute atomic E-state index is 0.235. The minimum atomic E-state index is 0.235. The maximum Gasteiger partial charge on any atom is 0.224 e. The van der Waals surface area contributed by atoms with Gasteiger partial charge in [0.05, 0.1) is 13.2 Å². The Balaban J connectivity index is 1.65. The number of rotatable bonds is 10. The van der Waals surface area contributed by atoms with Crippen LogP contribution in [-0.4, -0.2) is 56.1 Å². The number of amides is 1. The molecule has 27 heavy (non-hydrogen) atoms. The molecule has 0 radical (unpaired) electrons. The summed E-state index contributed by atoms with van der Waals surface area (Å²) in [4.78, 5) is 18.7. The van der Waals surface area contributed by atoms with Crippen LogP contribution in [-0.2, 0) is 16.1 Å². The second-order valence-corrected chi connectivity index (χ2v) is 7.09. The van der Waals surface area contributed by atoms with Crippen LogP contribution in [0.25, 0.3) is 0 Å². The molecule has 6 heteroatoms. The Morgan fingerprint density at radius 2 is 1.96 bits per heavy atom. The number of nitrogens with one attached hydrogen (secondary N) is 2. The van der Waals surface area contributed by atoms with E-state index < -0.39 is 0 Å². The van der Waals surface area contributed by atoms with Crippen LogP contribution >= 0.6 is 0 Å². The highest BCUT2D eigenvalue weighted by atomic mass is 16.5. The number of carbonyl (C=O) groups excluding carboxylic acids is 1. The van der Waals surface area contributed by atoms with E-state index in [9.17, 15) is 4.79 Å². The third-order valence-corrected chi connectivity index (χ3v) is 4.51. The number of ether oxygens (including phenoxy) is 1. The van der Waals surface area contributed by atoms with Crippen LogP contribution in [0.1, 0.15) is 38.7 Å². The van der Waals surface area contributed by atoms with Crippen LogP contribution in [0.5, 0.6) is 0 Å². The van der Waals surface area contributed by atoms with Crippen molar-refractivity contribution >= 4 is 11.9 Å². The zero-order valence-electron chi connectivity index (χ0n) is 16.7. The van der Waals surface area contributed by atoms with Crippen molar-refractivity contribution in [1.29, 1.82) is 0 Å². The second kappa shape index (κ2) is 12.3. The van der Waals surface area contributed by atoms with Crippen molar-refractivity contribution in [2.75, 3.05) is 39.3 Å². The summed E-state index contributed by atoms with van der Waals surface area (Å²) in [6.07, 6.45) is 2.78. The number of hydrogen-bond donors (Lipinski definition) is 2. The normalized spacial score (nSPS) is 15.6. The van der Waals surface area contributed by atoms with Crippen molar-refractivity contribution in [2.24, 2.45) is 10.9 Å². The Hall–Kier alpha value is -2.08. The molecule has 2 rings (SSSR count). The summed E-state index contributed by atoms with van der Waals surface area (Å²) >= 11 is 0. The van der Waals surface area contributed by atoms with Gasteiger partial charge < -0.3 is 20.3 Å². The molecule has 0 aromatic heterocycles. The fourth-order valence-corrected chi connectivity index (χ4v) is 3.01. The molecule has 1 aromatic rings. The van der Waals surface area contributed by atoms with Crippen LogP contribution in [0.4, 0.5) is 0 Å². The summed E-state index contributed by atoms with van der Waals surface area (Å²) in [5, 5.41) is 6.50. The van der Waals surface area contributed by atoms with Crippen LogP contribution in [0.3, 0.4) is 0 Å². The molecule has 1 saturated heterocycles. The molecule has 1 aliphatic rings. The van der Waals surface area contributed by atoms with Crippen molar-refractivity contribution in [3.63, 3.8) is 0 Å². The summed E-state index contributed by atoms with van der Waals surface area (Å²) in [7, 11) is 0. The number of aliphatic imine (C=N–C) groups is 1. The van der Waals surface area contributed by atoms with Gasteiger partial charge in [-0.2, -0.15) is 0 Å². The Bertz CT molecular complexity index is 571. The molecule has 1 fully saturated rings. The lowest BCUT2D eigenvalue weighted by Gasteiger charge is -2.17. The predicted octanol–water partition coefficient (Wildman–Crippen LogP) is 2.41. The van der Waals surface area contributed by atoms with Gasteiger partial charge in [-0.15, -0.1) is 0 Å². The maximum absolute atomic E-state index is 12.1. The zero-order valence-corrected chi connectivity index (χ0v) is 16.7. The Labute approximate surface area is 163 Å². The summed E-state index contributed by atoms with van der Waals surface area (Å²) in [5.74, 6) is 1.33. The summed E-state index contributed by atoms with van der Waals surface area (Å²) in [5.41, 5.74) is 1.19. The van der Waals surface area contributed by atoms with E-state index >= 15 is 0 Å². The minimum Gasteiger partial charge on any atom is -0.376 e. The molecule has 1 amide bonds. The molecule has 1 unspecified atom stereocenters. The molecule has 0 spiro atoms. The second-order valence-electron chi connectivity index (χ2n) is 7.09. The average Bonchev–Trinajstić information content (AvgIpc) is 3.22. The number of likely N-dealkylation sites (tertiary alicyclic amines) is 1. The van der Waals surface area contributed by atoms with E-state index in [1.807, 2.05) is 30.0 Å². The summed E-state index contributed by atoms with van der Waals surface area (Å²) in [6, 6.07) is 10.2. The zero-order chi connectivity index (χ0) is 19.3. The largest absolute Gasteiger partial charge is 0.376 e. The molecular formula is C21H34N4O2. The van der Waals surface area contributed by atoms with Crippen molar-refractivity contribution in [3.05, 3.63) is 35.9 Å². The van der Waals surface area contributed by atoms with Gasteiger partial charge in [0.1, 0.15) is 0 Å². The molecule has 1 heterocycles. The van der Waals surface area contributed by atoms with Gasteiger partial charge in [0.2, 0.25) is 5.91 Å². The van der Waals surface area contributed by atoms with E-state index in [2.05, 4.69) is 34.7 Å². The lowest BCUT2D eigenvalue weighted by Crippen LogP contribution is -2.40. The highest BCUT2D eigenvalue weighted by Gasteiger charge is 2.17. The van der Waals surface area contributed by atoms with E-state index in [-0.39, 0.29) is 5.91 Å². The van der Waals surface area contributed by atoms with E-state index in [1.165, 1.54) is 5.56 Å². The molecule has 0 aliphatic carbocycles. The van der Waals surface area contributed by atoms with E-state index in [4.69, 9.17) is 4.74 Å². The molecule has 2 N–H and O–H groups in total. The van der Waals surface area contributed by atoms with Gasteiger partial charge >= 0.3 is 0 Å². The topological polar surface area (TPSA) is 66.0 Å². The quantitative estimate of drug-likeness (QED) is 0.488. The first-order valence-corrected chi connectivity index (χ1v) is 10.1. The number of nitrogens with zero attached hydrogens (tertiary/aromatic N) is 2. The number of guanidine groups is 1. The van der Waals surface area contributed by atoms with E-state index in [0.717, 1.165) is 38.4 Å². The molecule has 0 saturated carbocycles. The Kier molecular flexibility index (Phi) is 9.69. The fourth-order valence-electron chi connectivity index (χ4n) is 3.01. The van der Waals surface area contributed by atoms with Gasteiger partial charge in [0.25, 0.3) is 0 Å². The SMILES string of the molecule is CCNC(=NCC(C)COCc1ccccc1)NCCC(=O)N1CCCC1. The lowest BCUT2D eigenvalue weighted by molar-refractivity contribution is -0.129. The van der Waals surface area contributed by atoms with Gasteiger partial charge in [-0.05, 0) is 31.2 Å². The van der Waals surface area contributed by atoms with E-state index in [0.29, 0.717) is 38.6 Å². The molecule has 1 atom stereocenters. The first kappa shape index (κ1) is 21.2. The van der Waals surface area contributed by atoms with Crippen molar-refractivity contribution in [3.8, 4) is 0 Å². The summed E-state index contributed by atoms with van der Waals surface area (Å²) < 4.78 is 5.78. The maximum atomic E-state index is 12.1. The Morgan fingerprint density at radius 1 is 1.22 bits per heavy atom. The third-order valence-electron chi connectivity index (χ3n) is 4.51. The number of carbonyl (C=O) groups is 1. The molecule has 1 aliphatic heterocycles. The first-order valence-electron chi connectivity index (χ1n) is 10.1. The average molecular weight is 375 g/mol. The van der Waals surface area contributed by atoms with Crippen molar-refractivity contribution in [2.45, 2.75) is 39.7 Å². The molecular weight excluding hydrogens is 340 g/mol. The van der Waals surface area contributed by atoms with Gasteiger partial charge in [0.15, 0.2) is 5.96 Å². The standard InChI is InChI=1S/C21H34N4O2/c1-3-22-21(23-12-11-20(26)25-13-7-8-14-25)24-15-18(2)16-27-17-19-9-5-4-6-10-19/h4-6,9-10,18H,3,7-8,11-17H2,1-2H3,(H2,22,23,24). The lowest BCUT2D eigenvalue weighted by atomic mass is 10.2. The van der Waals surface area contributed by atoms with Gasteiger partial charge in [-0.3, -0.25) is 9.79 Å². The third kappa shape index (κ3) is 8.43. The first-order chi connectivity index (χ1) is 13.2. The predicted molar refractivity (Wildman–Crippen MR) is 110 cm³/mol. The van der Waals surface area contributed by atoms with Crippen LogP contribution in [0.2, 0.25) is 0 Å². The van der Waals surface area contributed by atoms with Crippen LogP contribution < -0.4 is 10.6 Å². The highest BCUT2D eigenvalue weighted by molar-refractivity contribution is 5.81. The molecule has 0 bridgehead atoms. The smallest absolute Gasteiger partial charge is 0.224 e. The Morgan fingerprint density at radius 3 is 2.67 bits per heavy atom. The van der Waals surface area contributed by atoms with Gasteiger partial charge in [-0.1, -0.05) is 37.3 Å². The van der Waals surface area contributed by atoms with Crippen LogP contribution in [0.15, 0.2) is 35.3 Å². The monoisotopic (exact) mass is 374 g/mol. The highest BCUT2D eigenvalue weighted by Crippen LogP contribution is 2.08. The number of benzene rings is 1. The fraction of sp³-hybridized carbons (Fsp3) is 0.619. The molecule has 1 aromatic carbocycles. The van der Waals surface area contributed by atoms with Crippen molar-refractivity contribution in [1.82, 2.24) is 15.5 Å². The van der Waals surface area contributed by atoms with Crippen molar-refractivity contribution < 1.29 is 9.53 Å². The number of hydrogen-bond acceptors (Lipinski definition) is 3. The van der Waals surface area contributed by atoms with Gasteiger partial charge in [-0.25, -0.2) is 0 Å².